The molecule has 1 aromatic carbocycles. The molecule has 3 aromatic rings. The summed E-state index contributed by atoms with van der Waals surface area (Å²) in [6, 6.07) is 13.9. The first-order valence-electron chi connectivity index (χ1n) is 9.53. The lowest BCUT2D eigenvalue weighted by molar-refractivity contribution is -0.136. The summed E-state index contributed by atoms with van der Waals surface area (Å²) in [7, 11) is 0. The van der Waals surface area contributed by atoms with Crippen molar-refractivity contribution in [1.29, 1.82) is 0 Å². The van der Waals surface area contributed by atoms with E-state index >= 15 is 0 Å². The van der Waals surface area contributed by atoms with Crippen LogP contribution in [-0.2, 0) is 22.6 Å². The van der Waals surface area contributed by atoms with E-state index in [1.165, 1.54) is 11.1 Å². The molecule has 29 heavy (non-hydrogen) atoms. The number of rotatable bonds is 5. The molecule has 148 valence electrons. The van der Waals surface area contributed by atoms with Crippen molar-refractivity contribution in [3.8, 4) is 0 Å². The number of amides is 2. The summed E-state index contributed by atoms with van der Waals surface area (Å²) in [5.41, 5.74) is 4.40. The lowest BCUT2D eigenvalue weighted by Gasteiger charge is -2.35. The maximum absolute atomic E-state index is 12.3. The molecular weight excluding hydrogens is 384 g/mol. The summed E-state index contributed by atoms with van der Waals surface area (Å²) in [6.45, 7) is 2.12. The second-order valence-electron chi connectivity index (χ2n) is 6.96. The Morgan fingerprint density at radius 2 is 1.86 bits per heavy atom. The summed E-state index contributed by atoms with van der Waals surface area (Å²) < 4.78 is 0. The molecule has 1 atom stereocenters. The summed E-state index contributed by atoms with van der Waals surface area (Å²) in [5, 5.41) is 9.54. The van der Waals surface area contributed by atoms with Crippen molar-refractivity contribution in [3.05, 3.63) is 82.3 Å². The highest BCUT2D eigenvalue weighted by atomic mass is 32.1. The quantitative estimate of drug-likeness (QED) is 0.639. The van der Waals surface area contributed by atoms with E-state index in [-0.39, 0.29) is 6.04 Å². The van der Waals surface area contributed by atoms with Crippen LogP contribution in [0.1, 0.15) is 22.7 Å². The van der Waals surface area contributed by atoms with Gasteiger partial charge in [0.1, 0.15) is 0 Å². The first-order valence-corrected chi connectivity index (χ1v) is 10.5. The zero-order chi connectivity index (χ0) is 20.1. The molecule has 0 fully saturated rings. The number of nitrogens with one attached hydrogen (secondary N) is 2. The number of thiophene rings is 1. The second-order valence-corrected chi connectivity index (χ2v) is 7.74. The number of carbonyl (C=O) groups excluding carboxylic acids is 2. The summed E-state index contributed by atoms with van der Waals surface area (Å²) in [6.07, 6.45) is 4.11. The van der Waals surface area contributed by atoms with Crippen LogP contribution in [0.2, 0.25) is 0 Å². The van der Waals surface area contributed by atoms with Crippen LogP contribution in [0.5, 0.6) is 0 Å². The molecular formula is C22H22N4O2S. The van der Waals surface area contributed by atoms with Gasteiger partial charge in [-0.25, -0.2) is 0 Å². The minimum absolute atomic E-state index is 0.0206. The predicted octanol–water partition coefficient (Wildman–Crippen LogP) is 3.00. The van der Waals surface area contributed by atoms with Gasteiger partial charge in [0.15, 0.2) is 0 Å². The van der Waals surface area contributed by atoms with Crippen LogP contribution in [0.4, 0.5) is 5.69 Å². The smallest absolute Gasteiger partial charge is 0.313 e. The number of pyridine rings is 1. The van der Waals surface area contributed by atoms with Gasteiger partial charge in [0.2, 0.25) is 0 Å². The molecule has 2 aromatic heterocycles. The Labute approximate surface area is 173 Å². The van der Waals surface area contributed by atoms with Crippen molar-refractivity contribution in [2.24, 2.45) is 0 Å². The molecule has 0 saturated carbocycles. The van der Waals surface area contributed by atoms with Crippen molar-refractivity contribution >= 4 is 28.8 Å². The minimum Gasteiger partial charge on any atom is -0.346 e. The topological polar surface area (TPSA) is 74.3 Å². The van der Waals surface area contributed by atoms with Gasteiger partial charge in [0, 0.05) is 37.7 Å². The van der Waals surface area contributed by atoms with Crippen LogP contribution in [0.15, 0.2) is 65.6 Å². The highest BCUT2D eigenvalue weighted by Gasteiger charge is 2.26. The SMILES string of the molecule is O=C(NCC(c1ccsc1)N1CCc2ccccc2C1)C(=O)Nc1ccncc1. The average molecular weight is 407 g/mol. The van der Waals surface area contributed by atoms with Gasteiger partial charge in [-0.1, -0.05) is 24.3 Å². The van der Waals surface area contributed by atoms with Crippen LogP contribution in [0.3, 0.4) is 0 Å². The van der Waals surface area contributed by atoms with Gasteiger partial charge in [-0.15, -0.1) is 0 Å². The molecule has 0 aliphatic carbocycles. The summed E-state index contributed by atoms with van der Waals surface area (Å²) >= 11 is 1.64. The fourth-order valence-corrected chi connectivity index (χ4v) is 4.31. The number of carbonyl (C=O) groups is 2. The molecule has 6 nitrogen and oxygen atoms in total. The lowest BCUT2D eigenvalue weighted by Crippen LogP contribution is -2.43. The molecule has 0 spiro atoms. The molecule has 7 heteroatoms. The number of benzene rings is 1. The van der Waals surface area contributed by atoms with Gasteiger partial charge in [-0.2, -0.15) is 11.3 Å². The van der Waals surface area contributed by atoms with Crippen molar-refractivity contribution in [2.75, 3.05) is 18.4 Å². The maximum atomic E-state index is 12.3. The fraction of sp³-hybridized carbons (Fsp3) is 0.227. The Hall–Kier alpha value is -3.03. The molecule has 1 unspecified atom stereocenters. The van der Waals surface area contributed by atoms with E-state index in [0.29, 0.717) is 12.2 Å². The lowest BCUT2D eigenvalue weighted by atomic mass is 9.97. The fourth-order valence-electron chi connectivity index (χ4n) is 3.60. The van der Waals surface area contributed by atoms with Crippen LogP contribution >= 0.6 is 11.3 Å². The highest BCUT2D eigenvalue weighted by Crippen LogP contribution is 2.28. The third-order valence-electron chi connectivity index (χ3n) is 5.13. The van der Waals surface area contributed by atoms with E-state index in [2.05, 4.69) is 56.2 Å². The van der Waals surface area contributed by atoms with Crippen molar-refractivity contribution in [3.63, 3.8) is 0 Å². The van der Waals surface area contributed by atoms with Gasteiger partial charge in [-0.05, 0) is 52.1 Å². The molecule has 4 rings (SSSR count). The van der Waals surface area contributed by atoms with E-state index in [1.54, 1.807) is 35.9 Å². The zero-order valence-electron chi connectivity index (χ0n) is 15.9. The average Bonchev–Trinajstić information content (AvgIpc) is 3.29. The maximum Gasteiger partial charge on any atom is 0.313 e. The highest BCUT2D eigenvalue weighted by molar-refractivity contribution is 7.08. The molecule has 0 radical (unpaired) electrons. The number of hydrogen-bond donors (Lipinski definition) is 2. The van der Waals surface area contributed by atoms with E-state index in [4.69, 9.17) is 0 Å². The Morgan fingerprint density at radius 3 is 2.62 bits per heavy atom. The second kappa shape index (κ2) is 8.98. The first-order chi connectivity index (χ1) is 14.2. The van der Waals surface area contributed by atoms with Gasteiger partial charge < -0.3 is 10.6 Å². The molecule has 2 amide bonds. The monoisotopic (exact) mass is 406 g/mol. The van der Waals surface area contributed by atoms with Crippen LogP contribution in [0.25, 0.3) is 0 Å². The van der Waals surface area contributed by atoms with Crippen molar-refractivity contribution in [2.45, 2.75) is 19.0 Å². The molecule has 3 heterocycles. The van der Waals surface area contributed by atoms with E-state index in [0.717, 1.165) is 25.1 Å². The number of aromatic nitrogens is 1. The standard InChI is InChI=1S/C22H22N4O2S/c27-21(22(28)25-19-5-9-23-10-6-19)24-13-20(18-8-12-29-15-18)26-11-7-16-3-1-2-4-17(16)14-26/h1-6,8-10,12,15,20H,7,11,13-14H2,(H,24,27)(H,23,25,28). The summed E-state index contributed by atoms with van der Waals surface area (Å²) in [5.74, 6) is -1.32. The molecule has 2 N–H and O–H groups in total. The first kappa shape index (κ1) is 19.3. The van der Waals surface area contributed by atoms with Crippen LogP contribution in [0, 0.1) is 0 Å². The van der Waals surface area contributed by atoms with Gasteiger partial charge in [0.05, 0.1) is 6.04 Å². The van der Waals surface area contributed by atoms with Crippen molar-refractivity contribution in [1.82, 2.24) is 15.2 Å². The minimum atomic E-state index is -0.677. The Bertz CT molecular complexity index is 975. The van der Waals surface area contributed by atoms with E-state index < -0.39 is 11.8 Å². The number of anilines is 1. The Kier molecular flexibility index (Phi) is 5.97. The van der Waals surface area contributed by atoms with Gasteiger partial charge in [0.25, 0.3) is 0 Å². The van der Waals surface area contributed by atoms with E-state index in [9.17, 15) is 9.59 Å². The van der Waals surface area contributed by atoms with Crippen LogP contribution < -0.4 is 10.6 Å². The number of nitrogens with zero attached hydrogens (tertiary/aromatic N) is 2. The molecule has 1 aliphatic rings. The molecule has 1 aliphatic heterocycles. The largest absolute Gasteiger partial charge is 0.346 e. The molecule has 0 saturated heterocycles. The van der Waals surface area contributed by atoms with Crippen molar-refractivity contribution < 1.29 is 9.59 Å². The summed E-state index contributed by atoms with van der Waals surface area (Å²) in [4.78, 5) is 30.8. The Morgan fingerprint density at radius 1 is 1.07 bits per heavy atom. The number of hydrogen-bond acceptors (Lipinski definition) is 5. The van der Waals surface area contributed by atoms with Gasteiger partial charge in [-0.3, -0.25) is 19.5 Å². The third-order valence-corrected chi connectivity index (χ3v) is 5.83. The number of fused-ring (bicyclic) bond motifs is 1. The van der Waals surface area contributed by atoms with Crippen LogP contribution in [-0.4, -0.2) is 34.8 Å². The van der Waals surface area contributed by atoms with E-state index in [1.807, 2.05) is 5.38 Å². The third kappa shape index (κ3) is 4.70. The zero-order valence-corrected chi connectivity index (χ0v) is 16.7. The Balaban J connectivity index is 1.42. The van der Waals surface area contributed by atoms with Gasteiger partial charge >= 0.3 is 11.8 Å². The molecule has 0 bridgehead atoms. The normalized spacial score (nSPS) is 14.6. The predicted molar refractivity (Wildman–Crippen MR) is 113 cm³/mol.